The van der Waals surface area contributed by atoms with E-state index in [4.69, 9.17) is 0 Å². The van der Waals surface area contributed by atoms with Crippen LogP contribution in [0.25, 0.3) is 0 Å². The molecule has 12 heavy (non-hydrogen) atoms. The molecular weight excluding hydrogens is 168 g/mol. The number of aryl methyl sites for hydroxylation is 2. The van der Waals surface area contributed by atoms with Crippen LogP contribution >= 0.6 is 11.8 Å². The minimum absolute atomic E-state index is 0.827. The van der Waals surface area contributed by atoms with Crippen LogP contribution in [0, 0.1) is 13.8 Å². The monoisotopic (exact) mass is 180 g/mol. The fraction of sp³-hybridized carbons (Fsp3) is 0.300. The van der Waals surface area contributed by atoms with Crippen molar-refractivity contribution in [1.29, 1.82) is 0 Å². The third-order valence-corrected chi connectivity index (χ3v) is 2.63. The lowest BCUT2D eigenvalue weighted by molar-refractivity contribution is 0.112. The maximum atomic E-state index is 10.6. The van der Waals surface area contributed by atoms with Crippen molar-refractivity contribution in [1.82, 2.24) is 0 Å². The van der Waals surface area contributed by atoms with E-state index >= 15 is 0 Å². The van der Waals surface area contributed by atoms with Gasteiger partial charge in [-0.15, -0.1) is 11.8 Å². The van der Waals surface area contributed by atoms with Crippen LogP contribution in [0.3, 0.4) is 0 Å². The van der Waals surface area contributed by atoms with Crippen molar-refractivity contribution in [2.24, 2.45) is 0 Å². The molecule has 0 saturated carbocycles. The van der Waals surface area contributed by atoms with E-state index in [-0.39, 0.29) is 0 Å². The average Bonchev–Trinajstić information content (AvgIpc) is 2.03. The fourth-order valence-electron chi connectivity index (χ4n) is 1.24. The van der Waals surface area contributed by atoms with Gasteiger partial charge in [-0.25, -0.2) is 0 Å². The van der Waals surface area contributed by atoms with Crippen molar-refractivity contribution in [3.8, 4) is 0 Å². The second kappa shape index (κ2) is 3.76. The van der Waals surface area contributed by atoms with Gasteiger partial charge in [0.1, 0.15) is 0 Å². The van der Waals surface area contributed by atoms with Crippen LogP contribution < -0.4 is 0 Å². The topological polar surface area (TPSA) is 17.1 Å². The summed E-state index contributed by atoms with van der Waals surface area (Å²) in [5, 5.41) is 0. The Hall–Kier alpha value is -0.760. The molecule has 0 aliphatic heterocycles. The largest absolute Gasteiger partial charge is 0.298 e. The summed E-state index contributed by atoms with van der Waals surface area (Å²) in [4.78, 5) is 11.9. The van der Waals surface area contributed by atoms with Crippen molar-refractivity contribution in [2.45, 2.75) is 18.7 Å². The lowest BCUT2D eigenvalue weighted by atomic mass is 10.0. The minimum Gasteiger partial charge on any atom is -0.298 e. The Labute approximate surface area is 77.2 Å². The van der Waals surface area contributed by atoms with Crippen molar-refractivity contribution < 1.29 is 4.79 Å². The predicted molar refractivity (Wildman–Crippen MR) is 53.1 cm³/mol. The number of hydrogen-bond acceptors (Lipinski definition) is 2. The van der Waals surface area contributed by atoms with E-state index in [1.165, 1.54) is 4.90 Å². The Morgan fingerprint density at radius 3 is 2.08 bits per heavy atom. The molecule has 1 aromatic rings. The second-order valence-electron chi connectivity index (χ2n) is 2.79. The molecule has 0 N–H and O–H groups in total. The zero-order valence-corrected chi connectivity index (χ0v) is 8.37. The Kier molecular flexibility index (Phi) is 2.93. The van der Waals surface area contributed by atoms with Gasteiger partial charge in [0.05, 0.1) is 0 Å². The highest BCUT2D eigenvalue weighted by molar-refractivity contribution is 7.98. The Morgan fingerprint density at radius 1 is 1.25 bits per heavy atom. The van der Waals surface area contributed by atoms with Gasteiger partial charge < -0.3 is 0 Å². The van der Waals surface area contributed by atoms with Gasteiger partial charge in [0, 0.05) is 10.5 Å². The maximum Gasteiger partial charge on any atom is 0.150 e. The van der Waals surface area contributed by atoms with Crippen molar-refractivity contribution in [3.63, 3.8) is 0 Å². The molecule has 2 heteroatoms. The first-order valence-electron chi connectivity index (χ1n) is 3.79. The van der Waals surface area contributed by atoms with Crippen LogP contribution in [-0.2, 0) is 0 Å². The summed E-state index contributed by atoms with van der Waals surface area (Å²) >= 11 is 1.70. The molecule has 0 unspecified atom stereocenters. The van der Waals surface area contributed by atoms with Gasteiger partial charge in [0.2, 0.25) is 0 Å². The van der Waals surface area contributed by atoms with E-state index in [1.54, 1.807) is 11.8 Å². The van der Waals surface area contributed by atoms with Crippen LogP contribution in [0.15, 0.2) is 17.0 Å². The number of carbonyl (C=O) groups excluding carboxylic acids is 1. The van der Waals surface area contributed by atoms with Gasteiger partial charge in [0.15, 0.2) is 6.29 Å². The zero-order chi connectivity index (χ0) is 9.14. The third kappa shape index (κ3) is 1.69. The van der Waals surface area contributed by atoms with Crippen molar-refractivity contribution in [3.05, 3.63) is 28.8 Å². The number of rotatable bonds is 2. The van der Waals surface area contributed by atoms with Gasteiger partial charge >= 0.3 is 0 Å². The van der Waals surface area contributed by atoms with Gasteiger partial charge in [-0.05, 0) is 43.4 Å². The predicted octanol–water partition coefficient (Wildman–Crippen LogP) is 2.84. The molecule has 64 valence electrons. The highest BCUT2D eigenvalue weighted by atomic mass is 32.2. The summed E-state index contributed by atoms with van der Waals surface area (Å²) in [5.41, 5.74) is 2.96. The number of benzene rings is 1. The third-order valence-electron chi connectivity index (χ3n) is 1.92. The average molecular weight is 180 g/mol. The number of thioether (sulfide) groups is 1. The Bertz CT molecular complexity index is 282. The molecule has 0 fully saturated rings. The molecule has 1 aromatic carbocycles. The lowest BCUT2D eigenvalue weighted by Crippen LogP contribution is -1.91. The molecule has 0 aliphatic carbocycles. The highest BCUT2D eigenvalue weighted by Gasteiger charge is 2.02. The van der Waals surface area contributed by atoms with Crippen LogP contribution in [0.2, 0.25) is 0 Å². The normalized spacial score (nSPS) is 9.92. The van der Waals surface area contributed by atoms with E-state index in [2.05, 4.69) is 0 Å². The van der Waals surface area contributed by atoms with E-state index in [0.717, 1.165) is 23.0 Å². The highest BCUT2D eigenvalue weighted by Crippen LogP contribution is 2.21. The molecule has 1 nitrogen and oxygen atoms in total. The molecule has 0 saturated heterocycles. The molecular formula is C10H12OS. The summed E-state index contributed by atoms with van der Waals surface area (Å²) in [6.07, 6.45) is 2.96. The first-order valence-corrected chi connectivity index (χ1v) is 5.02. The quantitative estimate of drug-likeness (QED) is 0.514. The summed E-state index contributed by atoms with van der Waals surface area (Å²) in [5.74, 6) is 0. The van der Waals surface area contributed by atoms with Gasteiger partial charge in [-0.1, -0.05) is 0 Å². The molecule has 1 rings (SSSR count). The van der Waals surface area contributed by atoms with Gasteiger partial charge in [0.25, 0.3) is 0 Å². The molecule has 0 aliphatic rings. The number of hydrogen-bond donors (Lipinski definition) is 0. The van der Waals surface area contributed by atoms with Crippen LogP contribution in [0.1, 0.15) is 21.5 Å². The van der Waals surface area contributed by atoms with Crippen LogP contribution in [0.5, 0.6) is 0 Å². The van der Waals surface area contributed by atoms with Crippen LogP contribution in [0.4, 0.5) is 0 Å². The summed E-state index contributed by atoms with van der Waals surface area (Å²) in [7, 11) is 0. The molecule has 0 spiro atoms. The smallest absolute Gasteiger partial charge is 0.150 e. The van der Waals surface area contributed by atoms with E-state index in [1.807, 2.05) is 32.2 Å². The SMILES string of the molecule is CSc1cc(C)c(C=O)c(C)c1. The molecule has 0 bridgehead atoms. The lowest BCUT2D eigenvalue weighted by Gasteiger charge is -2.05. The molecule has 0 aromatic heterocycles. The first-order chi connectivity index (χ1) is 5.69. The Morgan fingerprint density at radius 2 is 1.75 bits per heavy atom. The second-order valence-corrected chi connectivity index (χ2v) is 3.67. The van der Waals surface area contributed by atoms with E-state index < -0.39 is 0 Å². The summed E-state index contributed by atoms with van der Waals surface area (Å²) < 4.78 is 0. The summed E-state index contributed by atoms with van der Waals surface area (Å²) in [6, 6.07) is 4.09. The molecule has 0 radical (unpaired) electrons. The van der Waals surface area contributed by atoms with Gasteiger partial charge in [-0.3, -0.25) is 4.79 Å². The van der Waals surface area contributed by atoms with Crippen LogP contribution in [-0.4, -0.2) is 12.5 Å². The molecule has 0 atom stereocenters. The Balaban J connectivity index is 3.27. The summed E-state index contributed by atoms with van der Waals surface area (Å²) in [6.45, 7) is 3.94. The zero-order valence-electron chi connectivity index (χ0n) is 7.55. The van der Waals surface area contributed by atoms with E-state index in [9.17, 15) is 4.79 Å². The molecule has 0 amide bonds. The molecule has 0 heterocycles. The standard InChI is InChI=1S/C10H12OS/c1-7-4-9(12-3)5-8(2)10(7)6-11/h4-6H,1-3H3. The fourth-order valence-corrected chi connectivity index (χ4v) is 1.83. The minimum atomic E-state index is 0.827. The number of aldehydes is 1. The van der Waals surface area contributed by atoms with Crippen molar-refractivity contribution >= 4 is 18.0 Å². The van der Waals surface area contributed by atoms with E-state index in [0.29, 0.717) is 0 Å². The van der Waals surface area contributed by atoms with Crippen molar-refractivity contribution in [2.75, 3.05) is 6.26 Å². The first kappa shape index (κ1) is 9.33. The maximum absolute atomic E-state index is 10.6. The number of carbonyl (C=O) groups is 1. The van der Waals surface area contributed by atoms with Gasteiger partial charge in [-0.2, -0.15) is 0 Å².